The lowest BCUT2D eigenvalue weighted by atomic mass is 9.99. The fraction of sp³-hybridized carbons (Fsp3) is 0.154. The zero-order chi connectivity index (χ0) is 27.7. The number of amides is 1. The predicted octanol–water partition coefficient (Wildman–Crippen LogP) is 6.69. The molecule has 1 heterocycles. The molecule has 4 aromatic rings. The highest BCUT2D eigenvalue weighted by Crippen LogP contribution is 2.45. The molecule has 1 aromatic heterocycles. The van der Waals surface area contributed by atoms with Gasteiger partial charge in [-0.15, -0.1) is 0 Å². The van der Waals surface area contributed by atoms with Crippen molar-refractivity contribution in [1.29, 1.82) is 0 Å². The number of primary amides is 1. The molecule has 0 fully saturated rings. The molecule has 1 unspecified atom stereocenters. The first-order valence-electron chi connectivity index (χ1n) is 11.1. The third kappa shape index (κ3) is 5.85. The van der Waals surface area contributed by atoms with Crippen LogP contribution < -0.4 is 10.5 Å². The first-order valence-corrected chi connectivity index (χ1v) is 14.0. The summed E-state index contributed by atoms with van der Waals surface area (Å²) in [5.74, 6) is -2.44. The molecular weight excluding hydrogens is 561 g/mol. The number of aromatic nitrogens is 1. The minimum atomic E-state index is -4.67. The molecule has 0 saturated carbocycles. The Morgan fingerprint density at radius 3 is 2.37 bits per heavy atom. The number of thiazole rings is 1. The number of para-hydroxylation sites is 1. The summed E-state index contributed by atoms with van der Waals surface area (Å²) in [6, 6.07) is 16.9. The summed E-state index contributed by atoms with van der Waals surface area (Å²) in [5, 5.41) is 0.506. The molecule has 0 radical (unpaired) electrons. The molecule has 0 bridgehead atoms. The van der Waals surface area contributed by atoms with Crippen molar-refractivity contribution in [3.05, 3.63) is 94.0 Å². The van der Waals surface area contributed by atoms with Gasteiger partial charge in [-0.3, -0.25) is 4.79 Å². The lowest BCUT2D eigenvalue weighted by Crippen LogP contribution is -2.22. The number of ether oxygens (including phenoxy) is 1. The van der Waals surface area contributed by atoms with Gasteiger partial charge in [0.15, 0.2) is 9.84 Å². The van der Waals surface area contributed by atoms with Crippen molar-refractivity contribution < 1.29 is 31.1 Å². The maximum atomic E-state index is 13.6. The van der Waals surface area contributed by atoms with Gasteiger partial charge in [-0.2, -0.15) is 13.2 Å². The van der Waals surface area contributed by atoms with Crippen molar-refractivity contribution in [3.63, 3.8) is 0 Å². The number of sulfone groups is 1. The Hall–Kier alpha value is -3.41. The van der Waals surface area contributed by atoms with Crippen molar-refractivity contribution in [3.8, 4) is 22.1 Å². The molecule has 0 aliphatic carbocycles. The molecule has 6 nitrogen and oxygen atoms in total. The number of alkyl halides is 3. The average Bonchev–Trinajstić information content (AvgIpc) is 3.27. The highest BCUT2D eigenvalue weighted by atomic mass is 35.5. The minimum absolute atomic E-state index is 0.00426. The van der Waals surface area contributed by atoms with Crippen LogP contribution in [0.25, 0.3) is 11.3 Å². The second-order valence-electron chi connectivity index (χ2n) is 8.10. The smallest absolute Gasteiger partial charge is 0.419 e. The number of nitrogens with zero attached hydrogens (tertiary/aromatic N) is 1. The molecule has 0 saturated heterocycles. The van der Waals surface area contributed by atoms with E-state index in [1.165, 1.54) is 49.4 Å². The van der Waals surface area contributed by atoms with E-state index in [2.05, 4.69) is 4.98 Å². The predicted molar refractivity (Wildman–Crippen MR) is 139 cm³/mol. The van der Waals surface area contributed by atoms with E-state index in [4.69, 9.17) is 22.1 Å². The summed E-state index contributed by atoms with van der Waals surface area (Å²) in [5.41, 5.74) is 5.71. The number of hydrogen-bond donors (Lipinski definition) is 1. The first-order chi connectivity index (χ1) is 17.9. The molecular formula is C26H20ClF3N2O4S2. The van der Waals surface area contributed by atoms with Crippen molar-refractivity contribution in [2.45, 2.75) is 23.9 Å². The molecule has 198 valence electrons. The molecule has 38 heavy (non-hydrogen) atoms. The molecule has 1 atom stereocenters. The van der Waals surface area contributed by atoms with Crippen LogP contribution in [0.2, 0.25) is 5.02 Å². The van der Waals surface area contributed by atoms with Crippen LogP contribution in [0.3, 0.4) is 0 Å². The topological polar surface area (TPSA) is 99.3 Å². The third-order valence-corrected chi connectivity index (χ3v) is 8.57. The quantitative estimate of drug-likeness (QED) is 0.250. The fourth-order valence-corrected chi connectivity index (χ4v) is 5.85. The molecule has 3 aromatic carbocycles. The Labute approximate surface area is 225 Å². The monoisotopic (exact) mass is 580 g/mol. The number of rotatable bonds is 8. The van der Waals surface area contributed by atoms with E-state index in [-0.39, 0.29) is 26.4 Å². The number of hydrogen-bond acceptors (Lipinski definition) is 6. The molecule has 1 amide bonds. The second kappa shape index (κ2) is 10.8. The van der Waals surface area contributed by atoms with Gasteiger partial charge in [0.2, 0.25) is 11.0 Å². The van der Waals surface area contributed by atoms with Crippen molar-refractivity contribution >= 4 is 38.7 Å². The summed E-state index contributed by atoms with van der Waals surface area (Å²) in [6.07, 6.45) is -4.67. The largest absolute Gasteiger partial charge is 0.444 e. The van der Waals surface area contributed by atoms with Gasteiger partial charge in [0.05, 0.1) is 16.2 Å². The highest BCUT2D eigenvalue weighted by Gasteiger charge is 2.35. The van der Waals surface area contributed by atoms with Crippen LogP contribution in [0.5, 0.6) is 10.8 Å². The lowest BCUT2D eigenvalue weighted by molar-refractivity contribution is -0.138. The summed E-state index contributed by atoms with van der Waals surface area (Å²) in [4.78, 5) is 17.2. The van der Waals surface area contributed by atoms with Gasteiger partial charge in [0.1, 0.15) is 22.4 Å². The minimum Gasteiger partial charge on any atom is -0.444 e. The van der Waals surface area contributed by atoms with Crippen LogP contribution in [0.1, 0.15) is 29.0 Å². The van der Waals surface area contributed by atoms with E-state index in [1.54, 1.807) is 24.3 Å². The molecule has 0 aliphatic rings. The van der Waals surface area contributed by atoms with Gasteiger partial charge >= 0.3 is 6.18 Å². The van der Waals surface area contributed by atoms with Crippen molar-refractivity contribution in [1.82, 2.24) is 4.98 Å². The fourth-order valence-electron chi connectivity index (χ4n) is 3.69. The maximum absolute atomic E-state index is 13.6. The normalized spacial score (nSPS) is 12.8. The molecule has 2 N–H and O–H groups in total. The third-order valence-electron chi connectivity index (χ3n) is 5.59. The lowest BCUT2D eigenvalue weighted by Gasteiger charge is -2.13. The highest BCUT2D eigenvalue weighted by molar-refractivity contribution is 7.91. The average molecular weight is 581 g/mol. The van der Waals surface area contributed by atoms with Crippen LogP contribution >= 0.6 is 22.9 Å². The standard InChI is InChI=1S/C26H20ClF3N2O4S2/c1-2-38(34,35)18-12-10-15(11-13-18)21(23(31)33)24-32-22(16-6-5-7-17(27)14-16)25(37-24)36-20-9-4-3-8-19(20)26(28,29)30/h3-14,21H,2H2,1H3,(H2,31,33). The van der Waals surface area contributed by atoms with E-state index in [1.807, 2.05) is 0 Å². The van der Waals surface area contributed by atoms with Crippen molar-refractivity contribution in [2.75, 3.05) is 5.75 Å². The Balaban J connectivity index is 1.84. The number of halogens is 4. The summed E-state index contributed by atoms with van der Waals surface area (Å²) < 4.78 is 71.0. The van der Waals surface area contributed by atoms with Crippen LogP contribution in [-0.4, -0.2) is 25.1 Å². The van der Waals surface area contributed by atoms with Crippen molar-refractivity contribution in [2.24, 2.45) is 5.73 Å². The van der Waals surface area contributed by atoms with Crippen LogP contribution in [-0.2, 0) is 20.8 Å². The summed E-state index contributed by atoms with van der Waals surface area (Å²) in [7, 11) is -3.47. The number of carbonyl (C=O) groups excluding carboxylic acids is 1. The second-order valence-corrected chi connectivity index (χ2v) is 11.8. The van der Waals surface area contributed by atoms with E-state index >= 15 is 0 Å². The molecule has 4 rings (SSSR count). The van der Waals surface area contributed by atoms with Gasteiger partial charge in [0, 0.05) is 10.6 Å². The molecule has 0 spiro atoms. The zero-order valence-corrected chi connectivity index (χ0v) is 22.1. The number of carbonyl (C=O) groups is 1. The summed E-state index contributed by atoms with van der Waals surface area (Å²) in [6.45, 7) is 1.51. The summed E-state index contributed by atoms with van der Waals surface area (Å²) >= 11 is 6.99. The molecule has 12 heteroatoms. The van der Waals surface area contributed by atoms with E-state index < -0.39 is 39.2 Å². The first kappa shape index (κ1) is 27.6. The number of benzene rings is 3. The van der Waals surface area contributed by atoms with Gasteiger partial charge < -0.3 is 10.5 Å². The van der Waals surface area contributed by atoms with Crippen LogP contribution in [0.4, 0.5) is 13.2 Å². The molecule has 0 aliphatic heterocycles. The van der Waals surface area contributed by atoms with Crippen LogP contribution in [0.15, 0.2) is 77.7 Å². The van der Waals surface area contributed by atoms with E-state index in [9.17, 15) is 26.4 Å². The van der Waals surface area contributed by atoms with Gasteiger partial charge in [-0.1, -0.05) is 66.3 Å². The van der Waals surface area contributed by atoms with E-state index in [0.717, 1.165) is 17.4 Å². The van der Waals surface area contributed by atoms with E-state index in [0.29, 0.717) is 16.1 Å². The van der Waals surface area contributed by atoms with Crippen LogP contribution in [0, 0.1) is 0 Å². The Morgan fingerprint density at radius 1 is 1.08 bits per heavy atom. The van der Waals surface area contributed by atoms with Gasteiger partial charge in [-0.25, -0.2) is 13.4 Å². The Bertz CT molecular complexity index is 1590. The van der Waals surface area contributed by atoms with Gasteiger partial charge in [0.25, 0.3) is 0 Å². The van der Waals surface area contributed by atoms with Gasteiger partial charge in [-0.05, 0) is 42.0 Å². The Kier molecular flexibility index (Phi) is 7.82. The maximum Gasteiger partial charge on any atom is 0.419 e. The zero-order valence-electron chi connectivity index (χ0n) is 19.7. The SMILES string of the molecule is CCS(=O)(=O)c1ccc(C(C(N)=O)c2nc(-c3cccc(Cl)c3)c(Oc3ccccc3C(F)(F)F)s2)cc1. The Morgan fingerprint density at radius 2 is 1.76 bits per heavy atom. The number of nitrogens with two attached hydrogens (primary N) is 1.